The Morgan fingerprint density at radius 2 is 1.02 bits per heavy atom. The molecule has 0 aliphatic heterocycles. The zero-order chi connectivity index (χ0) is 26.9. The fraction of sp³-hybridized carbons (Fsp3) is 0. The van der Waals surface area contributed by atoms with Gasteiger partial charge in [0.15, 0.2) is 5.78 Å². The van der Waals surface area contributed by atoms with Gasteiger partial charge < -0.3 is 9.47 Å². The first-order valence-corrected chi connectivity index (χ1v) is 13.4. The lowest BCUT2D eigenvalue weighted by Gasteiger charge is -2.25. The molecule has 1 aromatic heterocycles. The van der Waals surface area contributed by atoms with Gasteiger partial charge in [-0.05, 0) is 60.7 Å². The quantitative estimate of drug-likeness (QED) is 0.207. The van der Waals surface area contributed by atoms with E-state index in [0.717, 1.165) is 44.6 Å². The minimum absolute atomic E-state index is 0.0121. The number of carbonyl (C=O) groups is 1. The highest BCUT2D eigenvalue weighted by atomic mass is 16.1. The van der Waals surface area contributed by atoms with E-state index in [1.807, 2.05) is 66.7 Å². The Morgan fingerprint density at radius 3 is 1.73 bits per heavy atom. The number of fused-ring (bicyclic) bond motifs is 3. The molecular weight excluding hydrogens is 488 g/mol. The molecule has 6 aromatic carbocycles. The summed E-state index contributed by atoms with van der Waals surface area (Å²) < 4.78 is 2.22. The topological polar surface area (TPSA) is 25.2 Å². The zero-order valence-electron chi connectivity index (χ0n) is 21.8. The van der Waals surface area contributed by atoms with Crippen LogP contribution >= 0.6 is 0 Å². The third-order valence-electron chi connectivity index (χ3n) is 7.37. The molecule has 7 aromatic rings. The van der Waals surface area contributed by atoms with E-state index in [4.69, 9.17) is 0 Å². The van der Waals surface area contributed by atoms with Crippen LogP contribution in [0.5, 0.6) is 0 Å². The summed E-state index contributed by atoms with van der Waals surface area (Å²) in [5.74, 6) is 0.0121. The normalized spacial score (nSPS) is 11.1. The number of nitrogens with zero attached hydrogens (tertiary/aromatic N) is 2. The first-order chi connectivity index (χ1) is 19.8. The fourth-order valence-electron chi connectivity index (χ4n) is 5.57. The molecule has 0 aliphatic rings. The summed E-state index contributed by atoms with van der Waals surface area (Å²) >= 11 is 0. The summed E-state index contributed by atoms with van der Waals surface area (Å²) in [6.07, 6.45) is 0. The third kappa shape index (κ3) is 4.05. The number of anilines is 3. The molecule has 7 rings (SSSR count). The van der Waals surface area contributed by atoms with Crippen molar-refractivity contribution >= 4 is 44.7 Å². The van der Waals surface area contributed by atoms with Crippen LogP contribution in [0.15, 0.2) is 158 Å². The SMILES string of the molecule is O=C(c1ccccc1)c1ccccc1-n1c2ccccc2c2cc(N(c3ccccc3)c3ccccc3)ccc21. The number of para-hydroxylation sites is 4. The lowest BCUT2D eigenvalue weighted by Crippen LogP contribution is -2.09. The lowest BCUT2D eigenvalue weighted by molar-refractivity contribution is 0.103. The maximum atomic E-state index is 13.7. The molecular formula is C37H26N2O. The summed E-state index contributed by atoms with van der Waals surface area (Å²) in [4.78, 5) is 15.9. The molecule has 3 heteroatoms. The first-order valence-electron chi connectivity index (χ1n) is 13.4. The van der Waals surface area contributed by atoms with Crippen LogP contribution in [0.4, 0.5) is 17.1 Å². The fourth-order valence-corrected chi connectivity index (χ4v) is 5.57. The molecule has 0 amide bonds. The number of ketones is 1. The Bertz CT molecular complexity index is 1920. The van der Waals surface area contributed by atoms with Crippen molar-refractivity contribution < 1.29 is 4.79 Å². The zero-order valence-corrected chi connectivity index (χ0v) is 21.8. The third-order valence-corrected chi connectivity index (χ3v) is 7.37. The van der Waals surface area contributed by atoms with Crippen LogP contribution in [-0.2, 0) is 0 Å². The van der Waals surface area contributed by atoms with Gasteiger partial charge in [-0.15, -0.1) is 0 Å². The molecule has 0 fully saturated rings. The number of hydrogen-bond donors (Lipinski definition) is 0. The molecule has 40 heavy (non-hydrogen) atoms. The van der Waals surface area contributed by atoms with Gasteiger partial charge in [-0.1, -0.05) is 97.1 Å². The highest BCUT2D eigenvalue weighted by molar-refractivity contribution is 6.14. The van der Waals surface area contributed by atoms with Gasteiger partial charge >= 0.3 is 0 Å². The van der Waals surface area contributed by atoms with E-state index < -0.39 is 0 Å². The van der Waals surface area contributed by atoms with Crippen molar-refractivity contribution in [1.82, 2.24) is 4.57 Å². The molecule has 0 radical (unpaired) electrons. The Kier molecular flexibility index (Phi) is 5.95. The highest BCUT2D eigenvalue weighted by Gasteiger charge is 2.20. The average molecular weight is 515 g/mol. The second kappa shape index (κ2) is 10.0. The molecule has 0 bridgehead atoms. The first kappa shape index (κ1) is 23.7. The van der Waals surface area contributed by atoms with Crippen molar-refractivity contribution in [3.63, 3.8) is 0 Å². The van der Waals surface area contributed by atoms with E-state index in [-0.39, 0.29) is 5.78 Å². The van der Waals surface area contributed by atoms with Gasteiger partial charge in [-0.25, -0.2) is 0 Å². The number of rotatable bonds is 6. The van der Waals surface area contributed by atoms with Crippen molar-refractivity contribution in [2.45, 2.75) is 0 Å². The smallest absolute Gasteiger partial charge is 0.195 e. The van der Waals surface area contributed by atoms with Crippen LogP contribution in [0.1, 0.15) is 15.9 Å². The van der Waals surface area contributed by atoms with Gasteiger partial charge in [0.05, 0.1) is 16.7 Å². The van der Waals surface area contributed by atoms with Crippen LogP contribution < -0.4 is 4.90 Å². The van der Waals surface area contributed by atoms with Crippen LogP contribution in [0.3, 0.4) is 0 Å². The van der Waals surface area contributed by atoms with Crippen molar-refractivity contribution in [2.24, 2.45) is 0 Å². The summed E-state index contributed by atoms with van der Waals surface area (Å²) in [6.45, 7) is 0. The second-order valence-corrected chi connectivity index (χ2v) is 9.77. The molecule has 0 saturated carbocycles. The summed E-state index contributed by atoms with van der Waals surface area (Å²) in [5, 5.41) is 2.27. The molecule has 0 N–H and O–H groups in total. The largest absolute Gasteiger partial charge is 0.310 e. The van der Waals surface area contributed by atoms with Crippen molar-refractivity contribution in [3.8, 4) is 5.69 Å². The summed E-state index contributed by atoms with van der Waals surface area (Å²) in [5.41, 5.74) is 7.61. The van der Waals surface area contributed by atoms with Crippen LogP contribution in [0.2, 0.25) is 0 Å². The van der Waals surface area contributed by atoms with Gasteiger partial charge in [-0.3, -0.25) is 4.79 Å². The molecule has 0 atom stereocenters. The van der Waals surface area contributed by atoms with E-state index in [2.05, 4.69) is 100 Å². The van der Waals surface area contributed by atoms with Gasteiger partial charge in [0.2, 0.25) is 0 Å². The summed E-state index contributed by atoms with van der Waals surface area (Å²) in [7, 11) is 0. The van der Waals surface area contributed by atoms with Gasteiger partial charge in [0, 0.05) is 39.0 Å². The molecule has 190 valence electrons. The second-order valence-electron chi connectivity index (χ2n) is 9.77. The van der Waals surface area contributed by atoms with Gasteiger partial charge in [0.1, 0.15) is 0 Å². The van der Waals surface area contributed by atoms with E-state index in [1.54, 1.807) is 0 Å². The summed E-state index contributed by atoms with van der Waals surface area (Å²) in [6, 6.07) is 53.3. The minimum atomic E-state index is 0.0121. The van der Waals surface area contributed by atoms with Gasteiger partial charge in [-0.2, -0.15) is 0 Å². The standard InChI is InChI=1S/C37H26N2O/c40-37(27-14-4-1-5-15-27)32-21-11-13-23-35(32)39-34-22-12-10-20-31(34)33-26-30(24-25-36(33)39)38(28-16-6-2-7-17-28)29-18-8-3-9-19-29/h1-26H. The van der Waals surface area contributed by atoms with Crippen LogP contribution in [0, 0.1) is 0 Å². The Balaban J connectivity index is 1.46. The van der Waals surface area contributed by atoms with E-state index in [9.17, 15) is 4.79 Å². The number of benzene rings is 6. The molecule has 1 heterocycles. The maximum absolute atomic E-state index is 13.7. The minimum Gasteiger partial charge on any atom is -0.310 e. The van der Waals surface area contributed by atoms with E-state index in [1.165, 1.54) is 0 Å². The monoisotopic (exact) mass is 514 g/mol. The molecule has 0 spiro atoms. The molecule has 3 nitrogen and oxygen atoms in total. The number of hydrogen-bond acceptors (Lipinski definition) is 2. The Morgan fingerprint density at radius 1 is 0.475 bits per heavy atom. The van der Waals surface area contributed by atoms with E-state index in [0.29, 0.717) is 11.1 Å². The van der Waals surface area contributed by atoms with Crippen LogP contribution in [0.25, 0.3) is 27.5 Å². The maximum Gasteiger partial charge on any atom is 0.195 e. The highest BCUT2D eigenvalue weighted by Crippen LogP contribution is 2.39. The van der Waals surface area contributed by atoms with Gasteiger partial charge in [0.25, 0.3) is 0 Å². The van der Waals surface area contributed by atoms with Crippen molar-refractivity contribution in [1.29, 1.82) is 0 Å². The average Bonchev–Trinajstić information content (AvgIpc) is 3.36. The van der Waals surface area contributed by atoms with Crippen molar-refractivity contribution in [3.05, 3.63) is 169 Å². The lowest BCUT2D eigenvalue weighted by atomic mass is 10.0. The van der Waals surface area contributed by atoms with Crippen molar-refractivity contribution in [2.75, 3.05) is 4.90 Å². The molecule has 0 unspecified atom stereocenters. The predicted molar refractivity (Wildman–Crippen MR) is 165 cm³/mol. The molecule has 0 saturated heterocycles. The Labute approximate surface area is 233 Å². The Hall–Kier alpha value is -5.41. The van der Waals surface area contributed by atoms with Crippen LogP contribution in [-0.4, -0.2) is 10.4 Å². The number of carbonyl (C=O) groups excluding carboxylic acids is 1. The van der Waals surface area contributed by atoms with E-state index >= 15 is 0 Å². The molecule has 0 aliphatic carbocycles. The predicted octanol–water partition coefficient (Wildman–Crippen LogP) is 9.48. The number of aromatic nitrogens is 1.